The molecule has 3 nitrogen and oxygen atoms in total. The molecule has 2 N–H and O–H groups in total. The van der Waals surface area contributed by atoms with E-state index in [9.17, 15) is 0 Å². The molecular formula is C14H17N3S. The molecule has 1 aromatic carbocycles. The molecule has 0 fully saturated rings. The third-order valence-electron chi connectivity index (χ3n) is 2.79. The van der Waals surface area contributed by atoms with Gasteiger partial charge in [-0.2, -0.15) is 0 Å². The maximum absolute atomic E-state index is 5.76. The number of rotatable bonds is 3. The lowest BCUT2D eigenvalue weighted by atomic mass is 9.95. The molecule has 0 bridgehead atoms. The lowest BCUT2D eigenvalue weighted by molar-refractivity contribution is 0.867. The molecule has 0 aliphatic rings. The molecule has 1 aromatic heterocycles. The summed E-state index contributed by atoms with van der Waals surface area (Å²) < 4.78 is 0. The smallest absolute Gasteiger partial charge is 0.221 e. The van der Waals surface area contributed by atoms with E-state index in [1.807, 2.05) is 18.4 Å². The zero-order valence-corrected chi connectivity index (χ0v) is 11.7. The van der Waals surface area contributed by atoms with E-state index in [0.717, 1.165) is 16.3 Å². The Morgan fingerprint density at radius 3 is 2.56 bits per heavy atom. The predicted octanol–water partition coefficient (Wildman–Crippen LogP) is 3.57. The summed E-state index contributed by atoms with van der Waals surface area (Å²) in [6.45, 7) is 4.36. The Labute approximate surface area is 112 Å². The highest BCUT2D eigenvalue weighted by Crippen LogP contribution is 2.29. The molecule has 0 saturated carbocycles. The number of nitrogens with zero attached hydrogens (tertiary/aromatic N) is 2. The molecule has 2 aromatic rings. The Hall–Kier alpha value is -1.55. The van der Waals surface area contributed by atoms with Crippen LogP contribution in [0.4, 0.5) is 5.95 Å². The van der Waals surface area contributed by atoms with Gasteiger partial charge in [-0.05, 0) is 23.8 Å². The van der Waals surface area contributed by atoms with Crippen molar-refractivity contribution in [3.05, 3.63) is 35.9 Å². The van der Waals surface area contributed by atoms with E-state index in [1.165, 1.54) is 5.56 Å². The maximum atomic E-state index is 5.76. The van der Waals surface area contributed by atoms with E-state index in [2.05, 4.69) is 42.0 Å². The highest BCUT2D eigenvalue weighted by molar-refractivity contribution is 7.98. The predicted molar refractivity (Wildman–Crippen MR) is 77.8 cm³/mol. The summed E-state index contributed by atoms with van der Waals surface area (Å²) in [6, 6.07) is 10.3. The number of aromatic nitrogens is 2. The molecule has 0 aliphatic heterocycles. The number of nitrogens with two attached hydrogens (primary N) is 1. The highest BCUT2D eigenvalue weighted by atomic mass is 32.2. The van der Waals surface area contributed by atoms with Crippen molar-refractivity contribution < 1.29 is 0 Å². The zero-order valence-electron chi connectivity index (χ0n) is 10.8. The molecule has 0 unspecified atom stereocenters. The Bertz CT molecular complexity index is 552. The van der Waals surface area contributed by atoms with Gasteiger partial charge < -0.3 is 5.73 Å². The van der Waals surface area contributed by atoms with Gasteiger partial charge in [0.1, 0.15) is 5.03 Å². The number of thioether (sulfide) groups is 1. The average molecular weight is 259 g/mol. The van der Waals surface area contributed by atoms with Gasteiger partial charge >= 0.3 is 0 Å². The molecule has 0 aliphatic carbocycles. The number of hydrogen-bond acceptors (Lipinski definition) is 4. The van der Waals surface area contributed by atoms with Crippen LogP contribution in [0.25, 0.3) is 11.3 Å². The second-order valence-corrected chi connectivity index (χ2v) is 5.22. The molecule has 1 heterocycles. The lowest BCUT2D eigenvalue weighted by Gasteiger charge is -2.12. The Kier molecular flexibility index (Phi) is 3.87. The first kappa shape index (κ1) is 12.9. The first-order chi connectivity index (χ1) is 8.61. The van der Waals surface area contributed by atoms with Crippen LogP contribution in [0.2, 0.25) is 0 Å². The van der Waals surface area contributed by atoms with Gasteiger partial charge in [0, 0.05) is 5.56 Å². The van der Waals surface area contributed by atoms with Crippen LogP contribution in [-0.4, -0.2) is 16.2 Å². The van der Waals surface area contributed by atoms with Crippen molar-refractivity contribution in [1.29, 1.82) is 0 Å². The van der Waals surface area contributed by atoms with E-state index in [1.54, 1.807) is 11.8 Å². The van der Waals surface area contributed by atoms with Crippen LogP contribution in [0.15, 0.2) is 35.4 Å². The number of nitrogen functional groups attached to an aromatic ring is 1. The fraction of sp³-hybridized carbons (Fsp3) is 0.286. The first-order valence-corrected chi connectivity index (χ1v) is 7.12. The minimum absolute atomic E-state index is 0.329. The third kappa shape index (κ3) is 2.64. The van der Waals surface area contributed by atoms with Crippen molar-refractivity contribution >= 4 is 17.7 Å². The molecule has 18 heavy (non-hydrogen) atoms. The van der Waals surface area contributed by atoms with Gasteiger partial charge in [0.15, 0.2) is 0 Å². The van der Waals surface area contributed by atoms with Gasteiger partial charge in [-0.1, -0.05) is 38.1 Å². The quantitative estimate of drug-likeness (QED) is 0.676. The molecule has 0 saturated heterocycles. The number of hydrogen-bond donors (Lipinski definition) is 1. The first-order valence-electron chi connectivity index (χ1n) is 5.89. The van der Waals surface area contributed by atoms with Crippen molar-refractivity contribution in [3.8, 4) is 11.3 Å². The fourth-order valence-corrected chi connectivity index (χ4v) is 2.33. The van der Waals surface area contributed by atoms with Crippen molar-refractivity contribution in [1.82, 2.24) is 9.97 Å². The van der Waals surface area contributed by atoms with E-state index >= 15 is 0 Å². The maximum Gasteiger partial charge on any atom is 0.221 e. The summed E-state index contributed by atoms with van der Waals surface area (Å²) >= 11 is 1.57. The largest absolute Gasteiger partial charge is 0.368 e. The molecule has 0 amide bonds. The second-order valence-electron chi connectivity index (χ2n) is 4.40. The van der Waals surface area contributed by atoms with Crippen LogP contribution in [0.5, 0.6) is 0 Å². The summed E-state index contributed by atoms with van der Waals surface area (Å²) in [5.74, 6) is 0.783. The standard InChI is InChI=1S/C14H17N3S/c1-9(2)10-6-4-5-7-11(10)12-8-13(18-3)17-14(15)16-12/h4-9H,1-3H3,(H2,15,16,17). The van der Waals surface area contributed by atoms with Gasteiger partial charge in [0.05, 0.1) is 5.69 Å². The van der Waals surface area contributed by atoms with Crippen LogP contribution in [-0.2, 0) is 0 Å². The van der Waals surface area contributed by atoms with Crippen LogP contribution in [0, 0.1) is 0 Å². The van der Waals surface area contributed by atoms with Gasteiger partial charge in [0.25, 0.3) is 0 Å². The van der Waals surface area contributed by atoms with E-state index in [4.69, 9.17) is 5.73 Å². The Balaban J connectivity index is 2.58. The Morgan fingerprint density at radius 2 is 1.89 bits per heavy atom. The molecule has 0 atom stereocenters. The molecule has 4 heteroatoms. The fourth-order valence-electron chi connectivity index (χ4n) is 1.92. The van der Waals surface area contributed by atoms with Gasteiger partial charge in [0.2, 0.25) is 5.95 Å². The normalized spacial score (nSPS) is 10.9. The van der Waals surface area contributed by atoms with Crippen LogP contribution in [0.3, 0.4) is 0 Å². The summed E-state index contributed by atoms with van der Waals surface area (Å²) in [5.41, 5.74) is 9.08. The van der Waals surface area contributed by atoms with Crippen LogP contribution < -0.4 is 5.73 Å². The van der Waals surface area contributed by atoms with Gasteiger partial charge in [-0.15, -0.1) is 11.8 Å². The van der Waals surface area contributed by atoms with Crippen molar-refractivity contribution in [3.63, 3.8) is 0 Å². The molecular weight excluding hydrogens is 242 g/mol. The van der Waals surface area contributed by atoms with E-state index in [-0.39, 0.29) is 0 Å². The van der Waals surface area contributed by atoms with Crippen LogP contribution >= 0.6 is 11.8 Å². The average Bonchev–Trinajstić information content (AvgIpc) is 2.38. The number of benzene rings is 1. The third-order valence-corrected chi connectivity index (χ3v) is 3.42. The molecule has 0 radical (unpaired) electrons. The Morgan fingerprint density at radius 1 is 1.17 bits per heavy atom. The van der Waals surface area contributed by atoms with Crippen molar-refractivity contribution in [2.75, 3.05) is 12.0 Å². The lowest BCUT2D eigenvalue weighted by Crippen LogP contribution is -2.00. The monoisotopic (exact) mass is 259 g/mol. The van der Waals surface area contributed by atoms with Gasteiger partial charge in [-0.3, -0.25) is 0 Å². The highest BCUT2D eigenvalue weighted by Gasteiger charge is 2.10. The topological polar surface area (TPSA) is 51.8 Å². The van der Waals surface area contributed by atoms with Crippen molar-refractivity contribution in [2.24, 2.45) is 0 Å². The second kappa shape index (κ2) is 5.40. The summed E-state index contributed by atoms with van der Waals surface area (Å²) in [5, 5.41) is 0.899. The SMILES string of the molecule is CSc1cc(-c2ccccc2C(C)C)nc(N)n1. The summed E-state index contributed by atoms with van der Waals surface area (Å²) in [7, 11) is 0. The summed E-state index contributed by atoms with van der Waals surface area (Å²) in [4.78, 5) is 8.53. The van der Waals surface area contributed by atoms with E-state index in [0.29, 0.717) is 11.9 Å². The summed E-state index contributed by atoms with van der Waals surface area (Å²) in [6.07, 6.45) is 1.99. The number of anilines is 1. The molecule has 0 spiro atoms. The molecule has 94 valence electrons. The minimum Gasteiger partial charge on any atom is -0.368 e. The molecule has 2 rings (SSSR count). The van der Waals surface area contributed by atoms with Gasteiger partial charge in [-0.25, -0.2) is 9.97 Å². The van der Waals surface area contributed by atoms with E-state index < -0.39 is 0 Å². The van der Waals surface area contributed by atoms with Crippen LogP contribution in [0.1, 0.15) is 25.3 Å². The minimum atomic E-state index is 0.329. The zero-order chi connectivity index (χ0) is 13.1. The van der Waals surface area contributed by atoms with Crippen molar-refractivity contribution in [2.45, 2.75) is 24.8 Å².